The smallest absolute Gasteiger partial charge is 0.314 e. The molecule has 1 aromatic rings. The topological polar surface area (TPSA) is 46.5 Å². The van der Waals surface area contributed by atoms with E-state index in [1.807, 2.05) is 0 Å². The number of benzene rings is 1. The van der Waals surface area contributed by atoms with Gasteiger partial charge >= 0.3 is 5.97 Å². The summed E-state index contributed by atoms with van der Waals surface area (Å²) in [5, 5.41) is 9.64. The summed E-state index contributed by atoms with van der Waals surface area (Å²) >= 11 is 3.20. The molecule has 0 atom stereocenters. The van der Waals surface area contributed by atoms with E-state index >= 15 is 0 Å². The number of halogens is 2. The number of hydrogen-bond acceptors (Lipinski definition) is 2. The molecule has 0 bridgehead atoms. The van der Waals surface area contributed by atoms with Gasteiger partial charge in [0.1, 0.15) is 11.6 Å². The van der Waals surface area contributed by atoms with Crippen molar-refractivity contribution in [2.24, 2.45) is 0 Å². The van der Waals surface area contributed by atoms with Gasteiger partial charge in [-0.2, -0.15) is 0 Å². The molecule has 1 N–H and O–H groups in total. The first-order valence-electron chi connectivity index (χ1n) is 6.20. The predicted octanol–water partition coefficient (Wildman–Crippen LogP) is 3.80. The highest BCUT2D eigenvalue weighted by Gasteiger charge is 2.47. The van der Waals surface area contributed by atoms with Crippen LogP contribution in [0.5, 0.6) is 5.75 Å². The third-order valence-corrected chi connectivity index (χ3v) is 4.68. The van der Waals surface area contributed by atoms with Gasteiger partial charge in [0.25, 0.3) is 0 Å². The SMILES string of the molecule is COc1c(C)cc(F)c(Br)c1C1(C(=O)O)CCCC1. The number of rotatable bonds is 3. The van der Waals surface area contributed by atoms with Crippen LogP contribution in [-0.4, -0.2) is 18.2 Å². The molecular formula is C14H16BrFO3. The minimum absolute atomic E-state index is 0.208. The molecule has 1 saturated carbocycles. The van der Waals surface area contributed by atoms with Crippen LogP contribution < -0.4 is 4.74 Å². The zero-order chi connectivity index (χ0) is 14.2. The van der Waals surface area contributed by atoms with Gasteiger partial charge in [0.15, 0.2) is 0 Å². The van der Waals surface area contributed by atoms with Crippen molar-refractivity contribution in [1.82, 2.24) is 0 Å². The van der Waals surface area contributed by atoms with Crippen molar-refractivity contribution in [3.05, 3.63) is 27.5 Å². The summed E-state index contributed by atoms with van der Waals surface area (Å²) in [4.78, 5) is 11.8. The molecule has 0 radical (unpaired) electrons. The molecule has 2 rings (SSSR count). The molecule has 0 aromatic heterocycles. The third-order valence-electron chi connectivity index (χ3n) is 3.91. The van der Waals surface area contributed by atoms with E-state index in [2.05, 4.69) is 15.9 Å². The van der Waals surface area contributed by atoms with E-state index in [1.165, 1.54) is 13.2 Å². The summed E-state index contributed by atoms with van der Waals surface area (Å²) in [5.74, 6) is -0.882. The molecule has 0 amide bonds. The second-order valence-corrected chi connectivity index (χ2v) is 5.78. The highest BCUT2D eigenvalue weighted by molar-refractivity contribution is 9.10. The Hall–Kier alpha value is -1.10. The van der Waals surface area contributed by atoms with Gasteiger partial charge in [0, 0.05) is 5.56 Å². The van der Waals surface area contributed by atoms with E-state index in [0.29, 0.717) is 29.7 Å². The normalized spacial score (nSPS) is 17.5. The van der Waals surface area contributed by atoms with Crippen LogP contribution in [0.2, 0.25) is 0 Å². The van der Waals surface area contributed by atoms with E-state index in [0.717, 1.165) is 12.8 Å². The standard InChI is InChI=1S/C14H16BrFO3/c1-8-7-9(16)11(15)10(12(8)19-2)14(13(17)18)5-3-4-6-14/h7H,3-6H2,1-2H3,(H,17,18). The lowest BCUT2D eigenvalue weighted by Crippen LogP contribution is -2.34. The van der Waals surface area contributed by atoms with E-state index < -0.39 is 17.2 Å². The van der Waals surface area contributed by atoms with Gasteiger partial charge in [-0.05, 0) is 47.3 Å². The molecule has 0 unspecified atom stereocenters. The van der Waals surface area contributed by atoms with Gasteiger partial charge in [-0.25, -0.2) is 4.39 Å². The summed E-state index contributed by atoms with van der Waals surface area (Å²) < 4.78 is 19.5. The number of aliphatic carboxylic acids is 1. The number of carboxylic acids is 1. The molecule has 19 heavy (non-hydrogen) atoms. The van der Waals surface area contributed by atoms with Crippen LogP contribution >= 0.6 is 15.9 Å². The fourth-order valence-electron chi connectivity index (χ4n) is 2.98. The molecular weight excluding hydrogens is 315 g/mol. The van der Waals surface area contributed by atoms with Crippen LogP contribution in [0.4, 0.5) is 4.39 Å². The highest BCUT2D eigenvalue weighted by atomic mass is 79.9. The molecule has 3 nitrogen and oxygen atoms in total. The van der Waals surface area contributed by atoms with Gasteiger partial charge in [0.2, 0.25) is 0 Å². The Morgan fingerprint density at radius 3 is 2.53 bits per heavy atom. The summed E-state index contributed by atoms with van der Waals surface area (Å²) in [6, 6.07) is 1.36. The van der Waals surface area contributed by atoms with Crippen LogP contribution in [0.1, 0.15) is 36.8 Å². The number of carboxylic acid groups (broad SMARTS) is 1. The summed E-state index contributed by atoms with van der Waals surface area (Å²) in [5.41, 5.74) is 0.0139. The maximum Gasteiger partial charge on any atom is 0.314 e. The third kappa shape index (κ3) is 2.14. The van der Waals surface area contributed by atoms with Crippen molar-refractivity contribution in [3.63, 3.8) is 0 Å². The minimum Gasteiger partial charge on any atom is -0.496 e. The molecule has 1 aliphatic carbocycles. The van der Waals surface area contributed by atoms with Crippen molar-refractivity contribution in [2.75, 3.05) is 7.11 Å². The fraction of sp³-hybridized carbons (Fsp3) is 0.500. The van der Waals surface area contributed by atoms with E-state index in [4.69, 9.17) is 4.74 Å². The zero-order valence-electron chi connectivity index (χ0n) is 10.9. The summed E-state index contributed by atoms with van der Waals surface area (Å²) in [6.45, 7) is 1.72. The summed E-state index contributed by atoms with van der Waals surface area (Å²) in [6.07, 6.45) is 2.69. The largest absolute Gasteiger partial charge is 0.496 e. The van der Waals surface area contributed by atoms with Crippen molar-refractivity contribution in [3.8, 4) is 5.75 Å². The molecule has 0 aliphatic heterocycles. The van der Waals surface area contributed by atoms with Gasteiger partial charge in [-0.15, -0.1) is 0 Å². The zero-order valence-corrected chi connectivity index (χ0v) is 12.5. The molecule has 0 saturated heterocycles. The lowest BCUT2D eigenvalue weighted by molar-refractivity contribution is -0.143. The average Bonchev–Trinajstić information content (AvgIpc) is 2.83. The van der Waals surface area contributed by atoms with Crippen molar-refractivity contribution in [1.29, 1.82) is 0 Å². The fourth-order valence-corrected chi connectivity index (χ4v) is 3.65. The van der Waals surface area contributed by atoms with Gasteiger partial charge in [-0.3, -0.25) is 4.79 Å². The molecule has 1 fully saturated rings. The van der Waals surface area contributed by atoms with E-state index in [1.54, 1.807) is 6.92 Å². The number of methoxy groups -OCH3 is 1. The van der Waals surface area contributed by atoms with Gasteiger partial charge < -0.3 is 9.84 Å². The van der Waals surface area contributed by atoms with Crippen LogP contribution in [0.15, 0.2) is 10.5 Å². The van der Waals surface area contributed by atoms with Gasteiger partial charge in [0.05, 0.1) is 17.0 Å². The first-order chi connectivity index (χ1) is 8.94. The van der Waals surface area contributed by atoms with Crippen LogP contribution in [0, 0.1) is 12.7 Å². The number of ether oxygens (including phenoxy) is 1. The van der Waals surface area contributed by atoms with Crippen LogP contribution in [0.25, 0.3) is 0 Å². The monoisotopic (exact) mass is 330 g/mol. The second kappa shape index (κ2) is 5.12. The maximum absolute atomic E-state index is 13.9. The Bertz CT molecular complexity index is 522. The average molecular weight is 331 g/mol. The van der Waals surface area contributed by atoms with Crippen molar-refractivity contribution < 1.29 is 19.0 Å². The lowest BCUT2D eigenvalue weighted by atomic mass is 9.77. The Kier molecular flexibility index (Phi) is 3.85. The van der Waals surface area contributed by atoms with Crippen molar-refractivity contribution in [2.45, 2.75) is 38.0 Å². The molecule has 1 aliphatic rings. The molecule has 0 heterocycles. The molecule has 1 aromatic carbocycles. The predicted molar refractivity (Wildman–Crippen MR) is 73.2 cm³/mol. The van der Waals surface area contributed by atoms with Crippen molar-refractivity contribution >= 4 is 21.9 Å². The molecule has 104 valence electrons. The minimum atomic E-state index is -1.04. The number of carbonyl (C=O) groups is 1. The van der Waals surface area contributed by atoms with Crippen LogP contribution in [-0.2, 0) is 10.2 Å². The Balaban J connectivity index is 2.76. The lowest BCUT2D eigenvalue weighted by Gasteiger charge is -2.28. The Morgan fingerprint density at radius 2 is 2.05 bits per heavy atom. The first kappa shape index (κ1) is 14.3. The maximum atomic E-state index is 13.9. The number of aryl methyl sites for hydroxylation is 1. The molecule has 0 spiro atoms. The highest BCUT2D eigenvalue weighted by Crippen LogP contribution is 2.49. The second-order valence-electron chi connectivity index (χ2n) is 4.99. The van der Waals surface area contributed by atoms with E-state index in [9.17, 15) is 14.3 Å². The molecule has 5 heteroatoms. The first-order valence-corrected chi connectivity index (χ1v) is 7.00. The van der Waals surface area contributed by atoms with Gasteiger partial charge in [-0.1, -0.05) is 12.8 Å². The number of hydrogen-bond donors (Lipinski definition) is 1. The van der Waals surface area contributed by atoms with Crippen LogP contribution in [0.3, 0.4) is 0 Å². The Labute approximate surface area is 119 Å². The quantitative estimate of drug-likeness (QED) is 0.916. The summed E-state index contributed by atoms with van der Waals surface area (Å²) in [7, 11) is 1.49. The Morgan fingerprint density at radius 1 is 1.47 bits per heavy atom. The van der Waals surface area contributed by atoms with E-state index in [-0.39, 0.29) is 4.47 Å².